The number of ether oxygens (including phenoxy) is 3. The SMILES string of the molecule is O=C1O[C@H](CCNC[C@@H]2Cn3c(=O)ccc4ccc(F)c2c43)CN1c1ccc2c(n1)OCCO2. The normalized spacial score (nSPS) is 20.7. The van der Waals surface area contributed by atoms with Crippen molar-refractivity contribution in [3.05, 3.63) is 58.1 Å². The fourth-order valence-corrected chi connectivity index (χ4v) is 4.91. The Morgan fingerprint density at radius 2 is 1.91 bits per heavy atom. The van der Waals surface area contributed by atoms with Crippen molar-refractivity contribution < 1.29 is 23.4 Å². The summed E-state index contributed by atoms with van der Waals surface area (Å²) in [6.45, 7) is 2.82. The molecule has 2 atom stereocenters. The van der Waals surface area contributed by atoms with Crippen molar-refractivity contribution in [1.29, 1.82) is 0 Å². The van der Waals surface area contributed by atoms with Gasteiger partial charge in [-0.05, 0) is 48.7 Å². The van der Waals surface area contributed by atoms with Gasteiger partial charge in [0.1, 0.15) is 31.0 Å². The molecule has 0 aliphatic carbocycles. The Morgan fingerprint density at radius 1 is 1.06 bits per heavy atom. The van der Waals surface area contributed by atoms with E-state index < -0.39 is 6.09 Å². The molecule has 176 valence electrons. The molecule has 10 heteroatoms. The number of cyclic esters (lactones) is 1. The molecule has 34 heavy (non-hydrogen) atoms. The smallest absolute Gasteiger partial charge is 0.415 e. The molecule has 0 radical (unpaired) electrons. The van der Waals surface area contributed by atoms with Gasteiger partial charge in [-0.2, -0.15) is 4.98 Å². The lowest BCUT2D eigenvalue weighted by atomic mass is 9.99. The zero-order valence-electron chi connectivity index (χ0n) is 18.3. The standard InChI is InChI=1S/C24H23FN4O5/c25-17-3-1-14-2-6-20(30)29-12-15(21(17)22(14)29)11-26-8-7-16-13-28(24(31)34-16)19-5-4-18-23(27-19)33-10-9-32-18/h1-6,15-16,26H,7-13H2/t15-,16-/m1/s1. The summed E-state index contributed by atoms with van der Waals surface area (Å²) in [6, 6.07) is 9.88. The second kappa shape index (κ2) is 8.28. The summed E-state index contributed by atoms with van der Waals surface area (Å²) in [7, 11) is 0. The largest absolute Gasteiger partial charge is 0.484 e. The highest BCUT2D eigenvalue weighted by Crippen LogP contribution is 2.34. The highest BCUT2D eigenvalue weighted by Gasteiger charge is 2.34. The minimum absolute atomic E-state index is 0.118. The number of nitrogens with one attached hydrogen (secondary N) is 1. The van der Waals surface area contributed by atoms with Crippen LogP contribution in [0.15, 0.2) is 41.2 Å². The Balaban J connectivity index is 1.06. The monoisotopic (exact) mass is 466 g/mol. The topological polar surface area (TPSA) is 94.9 Å². The van der Waals surface area contributed by atoms with Gasteiger partial charge in [-0.15, -0.1) is 0 Å². The zero-order chi connectivity index (χ0) is 23.2. The maximum atomic E-state index is 14.6. The predicted molar refractivity (Wildman–Crippen MR) is 121 cm³/mol. The van der Waals surface area contributed by atoms with E-state index in [4.69, 9.17) is 14.2 Å². The molecular weight excluding hydrogens is 443 g/mol. The van der Waals surface area contributed by atoms with Crippen LogP contribution in [0, 0.1) is 5.82 Å². The number of carbonyl (C=O) groups is 1. The average molecular weight is 466 g/mol. The molecule has 3 aliphatic rings. The zero-order valence-corrected chi connectivity index (χ0v) is 18.3. The summed E-state index contributed by atoms with van der Waals surface area (Å²) in [4.78, 5) is 30.5. The molecule has 1 amide bonds. The van der Waals surface area contributed by atoms with Crippen molar-refractivity contribution in [2.24, 2.45) is 0 Å². The number of benzene rings is 1. The molecule has 0 spiro atoms. The molecule has 1 saturated heterocycles. The summed E-state index contributed by atoms with van der Waals surface area (Å²) in [5.41, 5.74) is 1.16. The van der Waals surface area contributed by atoms with Gasteiger partial charge in [-0.3, -0.25) is 9.69 Å². The lowest BCUT2D eigenvalue weighted by molar-refractivity contribution is 0.136. The van der Waals surface area contributed by atoms with E-state index in [1.165, 1.54) is 17.0 Å². The number of halogens is 1. The van der Waals surface area contributed by atoms with Gasteiger partial charge in [0.15, 0.2) is 5.75 Å². The van der Waals surface area contributed by atoms with Crippen LogP contribution in [-0.4, -0.2) is 54.6 Å². The first kappa shape index (κ1) is 20.9. The Labute approximate surface area is 194 Å². The van der Waals surface area contributed by atoms with Crippen LogP contribution in [0.1, 0.15) is 17.9 Å². The number of carbonyl (C=O) groups excluding carboxylic acids is 1. The third-order valence-corrected chi connectivity index (χ3v) is 6.52. The molecule has 0 bridgehead atoms. The molecule has 3 aliphatic heterocycles. The predicted octanol–water partition coefficient (Wildman–Crippen LogP) is 2.41. The first-order valence-corrected chi connectivity index (χ1v) is 11.4. The van der Waals surface area contributed by atoms with Gasteiger partial charge in [0.2, 0.25) is 0 Å². The van der Waals surface area contributed by atoms with E-state index in [9.17, 15) is 14.0 Å². The van der Waals surface area contributed by atoms with Crippen LogP contribution in [0.2, 0.25) is 0 Å². The van der Waals surface area contributed by atoms with Crippen molar-refractivity contribution in [3.8, 4) is 11.6 Å². The van der Waals surface area contributed by atoms with Crippen molar-refractivity contribution in [2.45, 2.75) is 25.0 Å². The van der Waals surface area contributed by atoms with E-state index in [1.54, 1.807) is 28.8 Å². The van der Waals surface area contributed by atoms with Gasteiger partial charge >= 0.3 is 6.09 Å². The summed E-state index contributed by atoms with van der Waals surface area (Å²) >= 11 is 0. The van der Waals surface area contributed by atoms with Crippen LogP contribution in [0.5, 0.6) is 11.6 Å². The average Bonchev–Trinajstić information content (AvgIpc) is 3.42. The van der Waals surface area contributed by atoms with E-state index >= 15 is 0 Å². The number of anilines is 1. The fourth-order valence-electron chi connectivity index (χ4n) is 4.91. The molecule has 6 rings (SSSR count). The van der Waals surface area contributed by atoms with Crippen molar-refractivity contribution >= 4 is 22.8 Å². The van der Waals surface area contributed by atoms with Crippen LogP contribution in [-0.2, 0) is 11.3 Å². The third-order valence-electron chi connectivity index (χ3n) is 6.52. The maximum Gasteiger partial charge on any atom is 0.415 e. The van der Waals surface area contributed by atoms with E-state index in [-0.39, 0.29) is 23.4 Å². The van der Waals surface area contributed by atoms with Crippen molar-refractivity contribution in [3.63, 3.8) is 0 Å². The summed E-state index contributed by atoms with van der Waals surface area (Å²) < 4.78 is 32.7. The Morgan fingerprint density at radius 3 is 2.82 bits per heavy atom. The number of fused-ring (bicyclic) bond motifs is 1. The molecule has 1 N–H and O–H groups in total. The number of pyridine rings is 2. The maximum absolute atomic E-state index is 14.6. The number of aromatic nitrogens is 2. The highest BCUT2D eigenvalue weighted by molar-refractivity contribution is 5.88. The first-order chi connectivity index (χ1) is 16.6. The summed E-state index contributed by atoms with van der Waals surface area (Å²) in [6.07, 6.45) is -0.147. The van der Waals surface area contributed by atoms with Gasteiger partial charge in [0, 0.05) is 30.6 Å². The van der Waals surface area contributed by atoms with Gasteiger partial charge in [0.05, 0.1) is 12.1 Å². The second-order valence-electron chi connectivity index (χ2n) is 8.66. The van der Waals surface area contributed by atoms with Crippen LogP contribution >= 0.6 is 0 Å². The molecule has 0 unspecified atom stereocenters. The van der Waals surface area contributed by atoms with E-state index in [0.29, 0.717) is 74.3 Å². The van der Waals surface area contributed by atoms with E-state index in [2.05, 4.69) is 10.3 Å². The molecule has 1 fully saturated rings. The van der Waals surface area contributed by atoms with Crippen molar-refractivity contribution in [1.82, 2.24) is 14.9 Å². The molecule has 5 heterocycles. The lowest BCUT2D eigenvalue weighted by Gasteiger charge is -2.19. The Hall–Kier alpha value is -3.66. The van der Waals surface area contributed by atoms with Crippen molar-refractivity contribution in [2.75, 3.05) is 37.7 Å². The number of nitrogens with zero attached hydrogens (tertiary/aromatic N) is 3. The van der Waals surface area contributed by atoms with Crippen LogP contribution in [0.4, 0.5) is 15.0 Å². The Bertz CT molecular complexity index is 1340. The number of amides is 1. The quantitative estimate of drug-likeness (QED) is 0.558. The van der Waals surface area contributed by atoms with Crippen LogP contribution in [0.3, 0.4) is 0 Å². The molecule has 2 aromatic heterocycles. The minimum atomic E-state index is -0.450. The lowest BCUT2D eigenvalue weighted by Crippen LogP contribution is -2.29. The third kappa shape index (κ3) is 3.54. The van der Waals surface area contributed by atoms with Gasteiger partial charge < -0.3 is 24.1 Å². The molecular formula is C24H23FN4O5. The minimum Gasteiger partial charge on any atom is -0.484 e. The molecule has 3 aromatic rings. The number of rotatable bonds is 6. The van der Waals surface area contributed by atoms with Gasteiger partial charge in [-0.25, -0.2) is 9.18 Å². The van der Waals surface area contributed by atoms with Gasteiger partial charge in [0.25, 0.3) is 11.4 Å². The van der Waals surface area contributed by atoms with E-state index in [0.717, 1.165) is 5.39 Å². The molecule has 0 saturated carbocycles. The summed E-state index contributed by atoms with van der Waals surface area (Å²) in [5.74, 6) is 0.974. The molecule has 9 nitrogen and oxygen atoms in total. The summed E-state index contributed by atoms with van der Waals surface area (Å²) in [5, 5.41) is 4.21. The Kier molecular flexibility index (Phi) is 5.09. The van der Waals surface area contributed by atoms with E-state index in [1.807, 2.05) is 0 Å². The van der Waals surface area contributed by atoms with Crippen LogP contribution in [0.25, 0.3) is 10.9 Å². The molecule has 1 aromatic carbocycles. The first-order valence-electron chi connectivity index (χ1n) is 11.4. The van der Waals surface area contributed by atoms with Crippen LogP contribution < -0.4 is 25.2 Å². The number of hydrogen-bond acceptors (Lipinski definition) is 7. The fraction of sp³-hybridized carbons (Fsp3) is 0.375. The van der Waals surface area contributed by atoms with Gasteiger partial charge in [-0.1, -0.05) is 0 Å². The highest BCUT2D eigenvalue weighted by atomic mass is 19.1. The second-order valence-corrected chi connectivity index (χ2v) is 8.66. The number of hydrogen-bond donors (Lipinski definition) is 1.